The van der Waals surface area contributed by atoms with E-state index in [4.69, 9.17) is 4.98 Å². The van der Waals surface area contributed by atoms with Crippen LogP contribution >= 0.6 is 31.9 Å². The van der Waals surface area contributed by atoms with Crippen molar-refractivity contribution in [3.63, 3.8) is 0 Å². The first-order valence-corrected chi connectivity index (χ1v) is 9.30. The van der Waals surface area contributed by atoms with Crippen molar-refractivity contribution in [3.8, 4) is 0 Å². The third kappa shape index (κ3) is 2.58. The van der Waals surface area contributed by atoms with Gasteiger partial charge in [-0.05, 0) is 62.2 Å². The summed E-state index contributed by atoms with van der Waals surface area (Å²) in [6, 6.07) is 14.0. The molecule has 1 aliphatic rings. The summed E-state index contributed by atoms with van der Waals surface area (Å²) in [4.78, 5) is 19.1. The van der Waals surface area contributed by atoms with Crippen molar-refractivity contribution < 1.29 is 4.79 Å². The van der Waals surface area contributed by atoms with Crippen LogP contribution < -0.4 is 4.90 Å². The zero-order valence-corrected chi connectivity index (χ0v) is 16.2. The Hall–Kier alpha value is -1.66. The second kappa shape index (κ2) is 6.01. The molecule has 1 atom stereocenters. The first-order chi connectivity index (χ1) is 11.5. The van der Waals surface area contributed by atoms with Crippen LogP contribution in [0.4, 0.5) is 5.69 Å². The molecule has 3 aromatic rings. The summed E-state index contributed by atoms with van der Waals surface area (Å²) in [7, 11) is 2.02. The minimum absolute atomic E-state index is 0.109. The second-order valence-corrected chi connectivity index (χ2v) is 7.73. The van der Waals surface area contributed by atoms with E-state index in [0.717, 1.165) is 31.5 Å². The average molecular weight is 449 g/mol. The number of amides is 1. The Balaban J connectivity index is 1.68. The van der Waals surface area contributed by atoms with Crippen molar-refractivity contribution in [2.24, 2.45) is 7.05 Å². The minimum atomic E-state index is 0.109. The summed E-state index contributed by atoms with van der Waals surface area (Å²) in [6.45, 7) is 0.657. The first-order valence-electron chi connectivity index (χ1n) is 7.71. The molecule has 4 nitrogen and oxygen atoms in total. The molecule has 0 saturated carbocycles. The third-order valence-corrected chi connectivity index (χ3v) is 6.41. The standard InChI is InChI=1S/C18H15Br2N3O/c1-22-16-5-3-2-4-15(16)21-18(22)11-8-17(24)23(10-11)12-6-7-13(19)14(20)9-12/h2-7,9,11H,8,10H2,1H3. The number of hydrogen-bond donors (Lipinski definition) is 0. The Bertz CT molecular complexity index is 951. The molecule has 2 heterocycles. The number of halogens is 2. The van der Waals surface area contributed by atoms with E-state index in [0.29, 0.717) is 13.0 Å². The molecule has 1 aromatic heterocycles. The Morgan fingerprint density at radius 2 is 1.92 bits per heavy atom. The van der Waals surface area contributed by atoms with Gasteiger partial charge in [-0.25, -0.2) is 4.98 Å². The monoisotopic (exact) mass is 447 g/mol. The van der Waals surface area contributed by atoms with Gasteiger partial charge in [-0.2, -0.15) is 0 Å². The average Bonchev–Trinajstić information content (AvgIpc) is 3.11. The number of hydrogen-bond acceptors (Lipinski definition) is 2. The van der Waals surface area contributed by atoms with Crippen LogP contribution in [-0.4, -0.2) is 22.0 Å². The number of benzene rings is 2. The van der Waals surface area contributed by atoms with Gasteiger partial charge in [-0.15, -0.1) is 0 Å². The molecule has 1 fully saturated rings. The van der Waals surface area contributed by atoms with Gasteiger partial charge in [-0.1, -0.05) is 12.1 Å². The summed E-state index contributed by atoms with van der Waals surface area (Å²) in [6.07, 6.45) is 0.491. The number of nitrogens with zero attached hydrogens (tertiary/aromatic N) is 3. The van der Waals surface area contributed by atoms with Gasteiger partial charge in [0.25, 0.3) is 0 Å². The fourth-order valence-electron chi connectivity index (χ4n) is 3.31. The highest BCUT2D eigenvalue weighted by Crippen LogP contribution is 2.35. The van der Waals surface area contributed by atoms with Crippen LogP contribution in [0.1, 0.15) is 18.2 Å². The second-order valence-electron chi connectivity index (χ2n) is 6.02. The van der Waals surface area contributed by atoms with E-state index in [1.54, 1.807) is 0 Å². The van der Waals surface area contributed by atoms with Gasteiger partial charge in [0.2, 0.25) is 5.91 Å². The first kappa shape index (κ1) is 15.8. The van der Waals surface area contributed by atoms with Gasteiger partial charge >= 0.3 is 0 Å². The number of carbonyl (C=O) groups excluding carboxylic acids is 1. The van der Waals surface area contributed by atoms with Crippen molar-refractivity contribution >= 4 is 54.5 Å². The molecule has 122 valence electrons. The predicted octanol–water partition coefficient (Wildman–Crippen LogP) is 4.62. The molecule has 6 heteroatoms. The van der Waals surface area contributed by atoms with Crippen LogP contribution in [0.5, 0.6) is 0 Å². The van der Waals surface area contributed by atoms with Crippen LogP contribution in [0.25, 0.3) is 11.0 Å². The van der Waals surface area contributed by atoms with Crippen molar-refractivity contribution in [2.75, 3.05) is 11.4 Å². The molecular weight excluding hydrogens is 434 g/mol. The smallest absolute Gasteiger partial charge is 0.227 e. The third-order valence-electron chi connectivity index (χ3n) is 4.53. The van der Waals surface area contributed by atoms with Crippen LogP contribution in [0.3, 0.4) is 0 Å². The van der Waals surface area contributed by atoms with Crippen molar-refractivity contribution in [3.05, 3.63) is 57.2 Å². The van der Waals surface area contributed by atoms with Gasteiger partial charge in [0, 0.05) is 40.6 Å². The lowest BCUT2D eigenvalue weighted by molar-refractivity contribution is -0.117. The minimum Gasteiger partial charge on any atom is -0.331 e. The number of anilines is 1. The lowest BCUT2D eigenvalue weighted by atomic mass is 10.1. The Morgan fingerprint density at radius 1 is 1.12 bits per heavy atom. The number of imidazole rings is 1. The van der Waals surface area contributed by atoms with Crippen molar-refractivity contribution in [1.29, 1.82) is 0 Å². The Labute approximate surface area is 156 Å². The molecule has 0 radical (unpaired) electrons. The number of carbonyl (C=O) groups is 1. The molecule has 1 saturated heterocycles. The normalized spacial score (nSPS) is 17.9. The number of para-hydroxylation sites is 2. The number of rotatable bonds is 2. The molecule has 1 aliphatic heterocycles. The topological polar surface area (TPSA) is 38.1 Å². The molecule has 0 N–H and O–H groups in total. The predicted molar refractivity (Wildman–Crippen MR) is 102 cm³/mol. The van der Waals surface area contributed by atoms with Crippen molar-refractivity contribution in [1.82, 2.24) is 9.55 Å². The molecule has 0 bridgehead atoms. The fraction of sp³-hybridized carbons (Fsp3) is 0.222. The lowest BCUT2D eigenvalue weighted by Crippen LogP contribution is -2.24. The highest BCUT2D eigenvalue weighted by atomic mass is 79.9. The zero-order valence-electron chi connectivity index (χ0n) is 13.0. The summed E-state index contributed by atoms with van der Waals surface area (Å²) in [5.74, 6) is 1.22. The van der Waals surface area contributed by atoms with Gasteiger partial charge in [0.05, 0.1) is 11.0 Å². The largest absolute Gasteiger partial charge is 0.331 e. The molecule has 1 amide bonds. The Kier molecular flexibility index (Phi) is 3.96. The summed E-state index contributed by atoms with van der Waals surface area (Å²) < 4.78 is 4.03. The van der Waals surface area contributed by atoms with E-state index in [1.807, 2.05) is 48.3 Å². The SMILES string of the molecule is Cn1c(C2CC(=O)N(c3ccc(Br)c(Br)c3)C2)nc2ccccc21. The van der Waals surface area contributed by atoms with E-state index < -0.39 is 0 Å². The number of fused-ring (bicyclic) bond motifs is 1. The molecule has 4 rings (SSSR count). The van der Waals surface area contributed by atoms with E-state index in [1.165, 1.54) is 0 Å². The summed E-state index contributed by atoms with van der Waals surface area (Å²) in [5, 5.41) is 0. The van der Waals surface area contributed by atoms with Crippen LogP contribution in [0.2, 0.25) is 0 Å². The number of aromatic nitrogens is 2. The molecule has 0 spiro atoms. The molecule has 1 unspecified atom stereocenters. The maximum absolute atomic E-state index is 12.5. The van der Waals surface area contributed by atoms with Gasteiger partial charge in [-0.3, -0.25) is 4.79 Å². The highest BCUT2D eigenvalue weighted by molar-refractivity contribution is 9.13. The Morgan fingerprint density at radius 3 is 2.67 bits per heavy atom. The fourth-order valence-corrected chi connectivity index (χ4v) is 3.93. The zero-order chi connectivity index (χ0) is 16.8. The summed E-state index contributed by atoms with van der Waals surface area (Å²) >= 11 is 6.97. The van der Waals surface area contributed by atoms with Crippen molar-refractivity contribution in [2.45, 2.75) is 12.3 Å². The van der Waals surface area contributed by atoms with Gasteiger partial charge < -0.3 is 9.47 Å². The van der Waals surface area contributed by atoms with Gasteiger partial charge in [0.15, 0.2) is 0 Å². The maximum atomic E-state index is 12.5. The van der Waals surface area contributed by atoms with Crippen LogP contribution in [0, 0.1) is 0 Å². The maximum Gasteiger partial charge on any atom is 0.227 e. The van der Waals surface area contributed by atoms with Crippen LogP contribution in [-0.2, 0) is 11.8 Å². The molecule has 2 aromatic carbocycles. The quantitative estimate of drug-likeness (QED) is 0.573. The van der Waals surface area contributed by atoms with E-state index in [-0.39, 0.29) is 11.8 Å². The van der Waals surface area contributed by atoms with E-state index >= 15 is 0 Å². The lowest BCUT2D eigenvalue weighted by Gasteiger charge is -2.17. The molecule has 0 aliphatic carbocycles. The summed E-state index contributed by atoms with van der Waals surface area (Å²) in [5.41, 5.74) is 2.99. The van der Waals surface area contributed by atoms with Crippen LogP contribution in [0.15, 0.2) is 51.4 Å². The van der Waals surface area contributed by atoms with E-state index in [9.17, 15) is 4.79 Å². The molecular formula is C18H15Br2N3O. The highest BCUT2D eigenvalue weighted by Gasteiger charge is 2.34. The molecule has 24 heavy (non-hydrogen) atoms. The number of aryl methyl sites for hydroxylation is 1. The van der Waals surface area contributed by atoms with Gasteiger partial charge in [0.1, 0.15) is 5.82 Å². The van der Waals surface area contributed by atoms with E-state index in [2.05, 4.69) is 42.5 Å².